The van der Waals surface area contributed by atoms with Gasteiger partial charge >= 0.3 is 0 Å². The van der Waals surface area contributed by atoms with Gasteiger partial charge in [-0.25, -0.2) is 0 Å². The lowest BCUT2D eigenvalue weighted by molar-refractivity contribution is 0.182. The van der Waals surface area contributed by atoms with E-state index < -0.39 is 29.6 Å². The van der Waals surface area contributed by atoms with E-state index in [1.807, 2.05) is 107 Å². The third kappa shape index (κ3) is 10.2. The molecule has 5 atom stereocenters. The highest BCUT2D eigenvalue weighted by atomic mass is 16.5. The van der Waals surface area contributed by atoms with E-state index in [9.17, 15) is 0 Å². The SMILES string of the molecule is CCOC1=C(OCC)C(C(=C=C2C=CC=C(C3C(OCC)=C(OCC)c4c(OCC)cccc43)C2C2C(OCC)=C(OCC)c3c(OCC)cccc32)C2C(OCC)=C(OCC)c3c(OCC)cccc32)c2cccc(OCC)c21. The lowest BCUT2D eigenvalue weighted by Gasteiger charge is -2.35. The van der Waals surface area contributed by atoms with Crippen molar-refractivity contribution in [3.8, 4) is 23.0 Å². The van der Waals surface area contributed by atoms with Crippen molar-refractivity contribution in [3.63, 3.8) is 0 Å². The molecular weight excluding hydrogens is 1010 g/mol. The van der Waals surface area contributed by atoms with Crippen molar-refractivity contribution in [1.29, 1.82) is 0 Å². The lowest BCUT2D eigenvalue weighted by Crippen LogP contribution is -2.25. The Labute approximate surface area is 473 Å². The molecule has 4 aromatic carbocycles. The molecule has 0 heterocycles. The molecule has 5 aliphatic carbocycles. The second kappa shape index (κ2) is 26.1. The van der Waals surface area contributed by atoms with Crippen LogP contribution >= 0.6 is 0 Å². The van der Waals surface area contributed by atoms with E-state index in [1.165, 1.54) is 0 Å². The fourth-order valence-electron chi connectivity index (χ4n) is 12.4. The summed E-state index contributed by atoms with van der Waals surface area (Å²) in [6, 6.07) is 25.0. The Balaban J connectivity index is 1.48. The highest BCUT2D eigenvalue weighted by Gasteiger charge is 2.51. The largest absolute Gasteiger partial charge is 0.494 e. The summed E-state index contributed by atoms with van der Waals surface area (Å²) in [5.41, 5.74) is 14.5. The van der Waals surface area contributed by atoms with Crippen molar-refractivity contribution in [1.82, 2.24) is 0 Å². The summed E-state index contributed by atoms with van der Waals surface area (Å²) in [6.45, 7) is 29.1. The van der Waals surface area contributed by atoms with Gasteiger partial charge in [0.15, 0.2) is 40.3 Å². The number of allylic oxidation sites excluding steroid dienone is 7. The van der Waals surface area contributed by atoms with Gasteiger partial charge in [-0.1, -0.05) is 66.8 Å². The topological polar surface area (TPSA) is 111 Å². The second-order valence-corrected chi connectivity index (χ2v) is 19.2. The number of benzene rings is 4. The summed E-state index contributed by atoms with van der Waals surface area (Å²) in [6.07, 6.45) is 6.58. The van der Waals surface area contributed by atoms with E-state index in [1.54, 1.807) is 0 Å². The molecule has 4 aromatic rings. The van der Waals surface area contributed by atoms with Crippen LogP contribution in [0.4, 0.5) is 0 Å². The van der Waals surface area contributed by atoms with Crippen LogP contribution < -0.4 is 18.9 Å². The highest BCUT2D eigenvalue weighted by molar-refractivity contribution is 5.84. The Morgan fingerprint density at radius 1 is 0.350 bits per heavy atom. The van der Waals surface area contributed by atoms with E-state index in [4.69, 9.17) is 56.8 Å². The molecule has 0 fully saturated rings. The zero-order chi connectivity index (χ0) is 56.5. The van der Waals surface area contributed by atoms with Crippen LogP contribution in [-0.2, 0) is 37.9 Å². The second-order valence-electron chi connectivity index (χ2n) is 19.2. The van der Waals surface area contributed by atoms with Crippen LogP contribution in [0.2, 0.25) is 0 Å². The van der Waals surface area contributed by atoms with Gasteiger partial charge in [-0.2, -0.15) is 0 Å². The molecule has 9 rings (SSSR count). The van der Waals surface area contributed by atoms with Crippen LogP contribution in [-0.4, -0.2) is 79.3 Å². The predicted octanol–water partition coefficient (Wildman–Crippen LogP) is 15.3. The van der Waals surface area contributed by atoms with E-state index in [0.717, 1.165) is 72.7 Å². The van der Waals surface area contributed by atoms with Crippen LogP contribution in [0.15, 0.2) is 137 Å². The highest BCUT2D eigenvalue weighted by Crippen LogP contribution is 2.62. The maximum absolute atomic E-state index is 7.01. The maximum Gasteiger partial charge on any atom is 0.169 e. The van der Waals surface area contributed by atoms with E-state index in [2.05, 4.69) is 72.5 Å². The number of ether oxygens (including phenoxy) is 12. The smallest absolute Gasteiger partial charge is 0.169 e. The first-order chi connectivity index (χ1) is 39.3. The Kier molecular flexibility index (Phi) is 18.7. The van der Waals surface area contributed by atoms with Crippen molar-refractivity contribution in [2.45, 2.75) is 107 Å². The zero-order valence-electron chi connectivity index (χ0n) is 48.9. The molecule has 5 aliphatic rings. The molecule has 0 radical (unpaired) electrons. The van der Waals surface area contributed by atoms with Crippen LogP contribution in [0.5, 0.6) is 23.0 Å². The first kappa shape index (κ1) is 57.1. The average Bonchev–Trinajstić information content (AvgIpc) is 4.24. The molecular formula is C68H80O12. The standard InChI is InChI=1S/C68H80O12/c1-13-69-48-36-26-32-43-53(61(73-17-5)64(56(43)48)76-20-8)42-31-25-30-41(52(42)60-46-35-29-39-51(72-16-4)59(46)67(79-23-11)68(60)80-24-12)40-47(54-44-33-27-37-49(70-14-2)57(44)65(77-21-9)62(54)74-18-6)55-45-34-28-38-50(71-15-3)58(45)66(78-22-10)63(55)75-19-7/h25-39,52-55,60H,13-24H2,1-12H3. The zero-order valence-corrected chi connectivity index (χ0v) is 48.9. The van der Waals surface area contributed by atoms with Crippen molar-refractivity contribution < 1.29 is 56.8 Å². The Morgan fingerprint density at radius 2 is 0.688 bits per heavy atom. The molecule has 5 unspecified atom stereocenters. The summed E-state index contributed by atoms with van der Waals surface area (Å²) in [5.74, 6) is 5.64. The Morgan fingerprint density at radius 3 is 1.11 bits per heavy atom. The number of hydrogen-bond donors (Lipinski definition) is 0. The third-order valence-electron chi connectivity index (χ3n) is 14.8. The van der Waals surface area contributed by atoms with Gasteiger partial charge in [0.2, 0.25) is 0 Å². The molecule has 0 N–H and O–H groups in total. The summed E-state index contributed by atoms with van der Waals surface area (Å²) in [7, 11) is 0. The molecule has 0 spiro atoms. The van der Waals surface area contributed by atoms with Crippen molar-refractivity contribution in [2.24, 2.45) is 5.92 Å². The third-order valence-corrected chi connectivity index (χ3v) is 14.8. The van der Waals surface area contributed by atoms with Crippen molar-refractivity contribution in [2.75, 3.05) is 79.3 Å². The van der Waals surface area contributed by atoms with E-state index >= 15 is 0 Å². The number of rotatable bonds is 28. The van der Waals surface area contributed by atoms with Crippen LogP contribution in [0.1, 0.15) is 151 Å². The molecule has 0 amide bonds. The van der Waals surface area contributed by atoms with Gasteiger partial charge in [-0.05, 0) is 135 Å². The Hall–Kier alpha value is -7.56. The van der Waals surface area contributed by atoms with Gasteiger partial charge in [-0.3, -0.25) is 0 Å². The fraction of sp³-hybridized carbons (Fsp3) is 0.426. The van der Waals surface area contributed by atoms with Crippen molar-refractivity contribution in [3.05, 3.63) is 181 Å². The molecule has 0 bridgehead atoms. The minimum absolute atomic E-state index is 0.372. The molecule has 424 valence electrons. The molecule has 0 aliphatic heterocycles. The quantitative estimate of drug-likeness (QED) is 0.0505. The molecule has 80 heavy (non-hydrogen) atoms. The Bertz CT molecular complexity index is 3080. The van der Waals surface area contributed by atoms with Gasteiger partial charge in [-0.15, -0.1) is 5.73 Å². The number of hydrogen-bond acceptors (Lipinski definition) is 12. The van der Waals surface area contributed by atoms with E-state index in [-0.39, 0.29) is 0 Å². The molecule has 0 saturated heterocycles. The van der Waals surface area contributed by atoms with Crippen LogP contribution in [0.3, 0.4) is 0 Å². The number of fused-ring (bicyclic) bond motifs is 4. The minimum atomic E-state index is -0.571. The summed E-state index contributed by atoms with van der Waals surface area (Å²) >= 11 is 0. The minimum Gasteiger partial charge on any atom is -0.494 e. The maximum atomic E-state index is 7.01. The molecule has 12 heteroatoms. The van der Waals surface area contributed by atoms with Gasteiger partial charge < -0.3 is 56.8 Å². The predicted molar refractivity (Wildman–Crippen MR) is 313 cm³/mol. The first-order valence-corrected chi connectivity index (χ1v) is 29.2. The molecule has 12 nitrogen and oxygen atoms in total. The summed E-state index contributed by atoms with van der Waals surface area (Å²) < 4.78 is 80.7. The van der Waals surface area contributed by atoms with Crippen LogP contribution in [0, 0.1) is 5.92 Å². The normalized spacial score (nSPS) is 19.5. The van der Waals surface area contributed by atoms with Gasteiger partial charge in [0, 0.05) is 17.1 Å². The van der Waals surface area contributed by atoms with Gasteiger partial charge in [0.05, 0.1) is 125 Å². The van der Waals surface area contributed by atoms with Gasteiger partial charge in [0.25, 0.3) is 0 Å². The average molecular weight is 1090 g/mol. The fourth-order valence-corrected chi connectivity index (χ4v) is 12.4. The lowest BCUT2D eigenvalue weighted by atomic mass is 9.69. The van der Waals surface area contributed by atoms with Crippen molar-refractivity contribution >= 4 is 23.0 Å². The van der Waals surface area contributed by atoms with Crippen LogP contribution in [0.25, 0.3) is 23.0 Å². The first-order valence-electron chi connectivity index (χ1n) is 29.2. The summed E-state index contributed by atoms with van der Waals surface area (Å²) in [4.78, 5) is 0. The summed E-state index contributed by atoms with van der Waals surface area (Å²) in [5, 5.41) is 0. The van der Waals surface area contributed by atoms with E-state index in [0.29, 0.717) is 137 Å². The molecule has 0 aromatic heterocycles. The van der Waals surface area contributed by atoms with Gasteiger partial charge in [0.1, 0.15) is 28.8 Å². The monoisotopic (exact) mass is 1090 g/mol. The molecule has 0 saturated carbocycles.